The lowest BCUT2D eigenvalue weighted by Gasteiger charge is -2.05. The Morgan fingerprint density at radius 1 is 1.35 bits per heavy atom. The van der Waals surface area contributed by atoms with Crippen LogP contribution in [-0.2, 0) is 11.2 Å². The Morgan fingerprint density at radius 2 is 2.15 bits per heavy atom. The average molecular weight is 272 g/mol. The van der Waals surface area contributed by atoms with Crippen molar-refractivity contribution in [2.75, 3.05) is 6.61 Å². The Bertz CT molecular complexity index is 559. The number of hydrogen-bond donors (Lipinski definition) is 1. The van der Waals surface area contributed by atoms with E-state index in [0.29, 0.717) is 5.75 Å². The van der Waals surface area contributed by atoms with Crippen LogP contribution in [0.1, 0.15) is 18.1 Å². The van der Waals surface area contributed by atoms with Crippen molar-refractivity contribution in [3.05, 3.63) is 54.0 Å². The molecule has 0 spiro atoms. The third-order valence-electron chi connectivity index (χ3n) is 2.65. The SMILES string of the molecule is CCc1ccc(OCC(=O)NN=Cc2ccoc2)cc1. The molecule has 1 N–H and O–H groups in total. The predicted molar refractivity (Wildman–Crippen MR) is 75.8 cm³/mol. The number of carbonyl (C=O) groups excluding carboxylic acids is 1. The summed E-state index contributed by atoms with van der Waals surface area (Å²) in [6.45, 7) is 2.01. The lowest BCUT2D eigenvalue weighted by Crippen LogP contribution is -2.24. The van der Waals surface area contributed by atoms with Gasteiger partial charge in [0.25, 0.3) is 5.91 Å². The van der Waals surface area contributed by atoms with Gasteiger partial charge < -0.3 is 9.15 Å². The Hall–Kier alpha value is -2.56. The second-order valence-electron chi connectivity index (χ2n) is 4.14. The minimum absolute atomic E-state index is 0.0752. The van der Waals surface area contributed by atoms with Gasteiger partial charge in [-0.3, -0.25) is 4.79 Å². The Labute approximate surface area is 117 Å². The fourth-order valence-electron chi connectivity index (χ4n) is 1.53. The van der Waals surface area contributed by atoms with Gasteiger partial charge in [0.15, 0.2) is 6.61 Å². The molecule has 1 heterocycles. The van der Waals surface area contributed by atoms with Crippen LogP contribution < -0.4 is 10.2 Å². The van der Waals surface area contributed by atoms with Crippen LogP contribution in [0.3, 0.4) is 0 Å². The highest BCUT2D eigenvalue weighted by Gasteiger charge is 2.01. The Morgan fingerprint density at radius 3 is 2.80 bits per heavy atom. The molecule has 0 aliphatic rings. The van der Waals surface area contributed by atoms with E-state index in [0.717, 1.165) is 12.0 Å². The zero-order chi connectivity index (χ0) is 14.2. The minimum Gasteiger partial charge on any atom is -0.484 e. The number of carbonyl (C=O) groups is 1. The van der Waals surface area contributed by atoms with Crippen LogP contribution in [0.5, 0.6) is 5.75 Å². The van der Waals surface area contributed by atoms with Crippen LogP contribution in [-0.4, -0.2) is 18.7 Å². The molecule has 0 unspecified atom stereocenters. The molecule has 0 radical (unpaired) electrons. The van der Waals surface area contributed by atoms with Gasteiger partial charge in [-0.2, -0.15) is 5.10 Å². The summed E-state index contributed by atoms with van der Waals surface area (Å²) in [7, 11) is 0. The van der Waals surface area contributed by atoms with Crippen LogP contribution >= 0.6 is 0 Å². The molecule has 20 heavy (non-hydrogen) atoms. The fraction of sp³-hybridized carbons (Fsp3) is 0.200. The fourth-order valence-corrected chi connectivity index (χ4v) is 1.53. The van der Waals surface area contributed by atoms with E-state index in [1.807, 2.05) is 24.3 Å². The van der Waals surface area contributed by atoms with E-state index < -0.39 is 0 Å². The lowest BCUT2D eigenvalue weighted by molar-refractivity contribution is -0.123. The molecule has 0 aliphatic carbocycles. The summed E-state index contributed by atoms with van der Waals surface area (Å²) < 4.78 is 10.2. The minimum atomic E-state index is -0.315. The molecule has 0 fully saturated rings. The van der Waals surface area contributed by atoms with E-state index in [1.54, 1.807) is 6.07 Å². The second kappa shape index (κ2) is 7.13. The number of nitrogens with one attached hydrogen (secondary N) is 1. The van der Waals surface area contributed by atoms with Crippen molar-refractivity contribution >= 4 is 12.1 Å². The summed E-state index contributed by atoms with van der Waals surface area (Å²) in [4.78, 5) is 11.5. The summed E-state index contributed by atoms with van der Waals surface area (Å²) in [5.41, 5.74) is 4.38. The smallest absolute Gasteiger partial charge is 0.277 e. The largest absolute Gasteiger partial charge is 0.484 e. The van der Waals surface area contributed by atoms with Crippen molar-refractivity contribution in [2.24, 2.45) is 5.10 Å². The van der Waals surface area contributed by atoms with E-state index >= 15 is 0 Å². The molecular weight excluding hydrogens is 256 g/mol. The van der Waals surface area contributed by atoms with Crippen LogP contribution in [0, 0.1) is 0 Å². The van der Waals surface area contributed by atoms with Gasteiger partial charge in [0.05, 0.1) is 18.7 Å². The van der Waals surface area contributed by atoms with Crippen LogP contribution in [0.2, 0.25) is 0 Å². The van der Waals surface area contributed by atoms with Gasteiger partial charge >= 0.3 is 0 Å². The standard InChI is InChI=1S/C15H16N2O3/c1-2-12-3-5-14(6-4-12)20-11-15(18)17-16-9-13-7-8-19-10-13/h3-10H,2,11H2,1H3,(H,17,18). The average Bonchev–Trinajstić information content (AvgIpc) is 2.99. The first-order chi connectivity index (χ1) is 9.78. The van der Waals surface area contributed by atoms with E-state index in [4.69, 9.17) is 9.15 Å². The summed E-state index contributed by atoms with van der Waals surface area (Å²) in [6.07, 6.45) is 5.54. The summed E-state index contributed by atoms with van der Waals surface area (Å²) >= 11 is 0. The monoisotopic (exact) mass is 272 g/mol. The second-order valence-corrected chi connectivity index (χ2v) is 4.14. The van der Waals surface area contributed by atoms with E-state index in [-0.39, 0.29) is 12.5 Å². The van der Waals surface area contributed by atoms with Crippen molar-refractivity contribution in [1.82, 2.24) is 5.43 Å². The number of aryl methyl sites for hydroxylation is 1. The van der Waals surface area contributed by atoms with Crippen molar-refractivity contribution < 1.29 is 13.9 Å². The van der Waals surface area contributed by atoms with Crippen molar-refractivity contribution in [1.29, 1.82) is 0 Å². The van der Waals surface area contributed by atoms with E-state index in [1.165, 1.54) is 24.3 Å². The molecule has 1 aromatic heterocycles. The molecule has 2 aromatic rings. The first-order valence-electron chi connectivity index (χ1n) is 6.34. The van der Waals surface area contributed by atoms with Gasteiger partial charge in [-0.1, -0.05) is 19.1 Å². The van der Waals surface area contributed by atoms with Gasteiger partial charge in [-0.05, 0) is 30.2 Å². The molecule has 5 heteroatoms. The van der Waals surface area contributed by atoms with Crippen molar-refractivity contribution in [2.45, 2.75) is 13.3 Å². The van der Waals surface area contributed by atoms with Gasteiger partial charge in [0.2, 0.25) is 0 Å². The van der Waals surface area contributed by atoms with Gasteiger partial charge in [-0.25, -0.2) is 5.43 Å². The molecule has 0 aliphatic heterocycles. The van der Waals surface area contributed by atoms with Gasteiger partial charge in [-0.15, -0.1) is 0 Å². The molecule has 0 saturated carbocycles. The Kier molecular flexibility index (Phi) is 4.94. The Balaban J connectivity index is 1.74. The highest BCUT2D eigenvalue weighted by atomic mass is 16.5. The number of amides is 1. The third kappa shape index (κ3) is 4.28. The highest BCUT2D eigenvalue weighted by Crippen LogP contribution is 2.12. The molecule has 1 amide bonds. The molecule has 2 rings (SSSR count). The zero-order valence-corrected chi connectivity index (χ0v) is 11.2. The molecular formula is C15H16N2O3. The number of ether oxygens (including phenoxy) is 1. The molecule has 0 bridgehead atoms. The summed E-state index contributed by atoms with van der Waals surface area (Å²) in [6, 6.07) is 9.39. The predicted octanol–water partition coefficient (Wildman–Crippen LogP) is 2.37. The summed E-state index contributed by atoms with van der Waals surface area (Å²) in [5, 5.41) is 3.79. The molecule has 0 saturated heterocycles. The normalized spacial score (nSPS) is 10.7. The number of hydrogen-bond acceptors (Lipinski definition) is 4. The zero-order valence-electron chi connectivity index (χ0n) is 11.2. The number of nitrogens with zero attached hydrogens (tertiary/aromatic N) is 1. The lowest BCUT2D eigenvalue weighted by atomic mass is 10.2. The number of furan rings is 1. The van der Waals surface area contributed by atoms with Crippen LogP contribution in [0.25, 0.3) is 0 Å². The maximum atomic E-state index is 11.5. The maximum absolute atomic E-state index is 11.5. The van der Waals surface area contributed by atoms with E-state index in [2.05, 4.69) is 17.5 Å². The topological polar surface area (TPSA) is 63.8 Å². The third-order valence-corrected chi connectivity index (χ3v) is 2.65. The number of rotatable bonds is 6. The van der Waals surface area contributed by atoms with Gasteiger partial charge in [0.1, 0.15) is 5.75 Å². The first-order valence-corrected chi connectivity index (χ1v) is 6.34. The molecule has 0 atom stereocenters. The number of benzene rings is 1. The maximum Gasteiger partial charge on any atom is 0.277 e. The highest BCUT2D eigenvalue weighted by molar-refractivity contribution is 5.82. The first kappa shape index (κ1) is 13.9. The van der Waals surface area contributed by atoms with Crippen LogP contribution in [0.15, 0.2) is 52.4 Å². The quantitative estimate of drug-likeness (QED) is 0.648. The summed E-state index contributed by atoms with van der Waals surface area (Å²) in [5.74, 6) is 0.348. The van der Waals surface area contributed by atoms with E-state index in [9.17, 15) is 4.79 Å². The molecule has 1 aromatic carbocycles. The van der Waals surface area contributed by atoms with Crippen molar-refractivity contribution in [3.63, 3.8) is 0 Å². The van der Waals surface area contributed by atoms with Crippen LogP contribution in [0.4, 0.5) is 0 Å². The molecule has 104 valence electrons. The van der Waals surface area contributed by atoms with Gasteiger partial charge in [0, 0.05) is 5.56 Å². The molecule has 5 nitrogen and oxygen atoms in total. The number of hydrazone groups is 1. The van der Waals surface area contributed by atoms with Crippen molar-refractivity contribution in [3.8, 4) is 5.75 Å².